The van der Waals surface area contributed by atoms with E-state index in [1.807, 2.05) is 37.4 Å². The van der Waals surface area contributed by atoms with Crippen LogP contribution in [0.15, 0.2) is 44.1 Å². The molecule has 0 radical (unpaired) electrons. The Morgan fingerprint density at radius 3 is 2.36 bits per heavy atom. The van der Waals surface area contributed by atoms with Crippen LogP contribution in [-0.4, -0.2) is 26.9 Å². The third-order valence-corrected chi connectivity index (χ3v) is 4.03. The van der Waals surface area contributed by atoms with E-state index in [2.05, 4.69) is 15.1 Å². The van der Waals surface area contributed by atoms with Gasteiger partial charge in [0.25, 0.3) is 0 Å². The first-order chi connectivity index (χ1) is 10.4. The molecule has 22 heavy (non-hydrogen) atoms. The first-order valence-corrected chi connectivity index (χ1v) is 8.41. The molecule has 1 aromatic heterocycles. The van der Waals surface area contributed by atoms with Gasteiger partial charge in [-0.15, -0.1) is 5.10 Å². The molecule has 0 atom stereocenters. The van der Waals surface area contributed by atoms with Crippen LogP contribution in [0.4, 0.5) is 5.95 Å². The van der Waals surface area contributed by atoms with Crippen molar-refractivity contribution >= 4 is 58.3 Å². The number of thioether (sulfide) groups is 1. The SMILES string of the molecule is CSc1nc(N)n(/C(=N/C(Cl)=C(Cl)Cl)c2ccc(C)cc2)n1. The summed E-state index contributed by atoms with van der Waals surface area (Å²) < 4.78 is 1.25. The van der Waals surface area contributed by atoms with Crippen LogP contribution >= 0.6 is 46.6 Å². The van der Waals surface area contributed by atoms with Crippen LogP contribution in [0.25, 0.3) is 0 Å². The average Bonchev–Trinajstić information content (AvgIpc) is 2.86. The Bertz CT molecular complexity index is 733. The topological polar surface area (TPSA) is 69.1 Å². The van der Waals surface area contributed by atoms with Gasteiger partial charge in [0.05, 0.1) is 0 Å². The van der Waals surface area contributed by atoms with Gasteiger partial charge in [0, 0.05) is 5.56 Å². The van der Waals surface area contributed by atoms with Crippen LogP contribution in [0.5, 0.6) is 0 Å². The molecule has 116 valence electrons. The van der Waals surface area contributed by atoms with E-state index in [1.54, 1.807) is 0 Å². The van der Waals surface area contributed by atoms with Crippen LogP contribution in [0, 0.1) is 6.92 Å². The van der Waals surface area contributed by atoms with Gasteiger partial charge in [0.15, 0.2) is 11.0 Å². The predicted molar refractivity (Wildman–Crippen MR) is 93.9 cm³/mol. The molecule has 2 N–H and O–H groups in total. The molecular weight excluding hydrogens is 365 g/mol. The molecule has 0 amide bonds. The molecule has 0 fully saturated rings. The number of benzene rings is 1. The van der Waals surface area contributed by atoms with Crippen molar-refractivity contribution < 1.29 is 0 Å². The van der Waals surface area contributed by atoms with Gasteiger partial charge in [-0.2, -0.15) is 9.67 Å². The first kappa shape index (κ1) is 17.1. The highest BCUT2D eigenvalue weighted by Crippen LogP contribution is 2.21. The van der Waals surface area contributed by atoms with Crippen LogP contribution in [-0.2, 0) is 0 Å². The van der Waals surface area contributed by atoms with Crippen molar-refractivity contribution in [1.29, 1.82) is 0 Å². The minimum Gasteiger partial charge on any atom is -0.368 e. The first-order valence-electron chi connectivity index (χ1n) is 6.05. The third-order valence-electron chi connectivity index (χ3n) is 2.67. The molecule has 0 aliphatic rings. The van der Waals surface area contributed by atoms with Crippen molar-refractivity contribution in [2.24, 2.45) is 4.99 Å². The molecule has 2 aromatic rings. The van der Waals surface area contributed by atoms with Crippen LogP contribution in [0.2, 0.25) is 0 Å². The normalized spacial score (nSPS) is 11.6. The smallest absolute Gasteiger partial charge is 0.225 e. The number of aliphatic imine (C=N–C) groups is 1. The minimum atomic E-state index is -0.143. The maximum absolute atomic E-state index is 5.96. The van der Waals surface area contributed by atoms with E-state index in [-0.39, 0.29) is 15.6 Å². The van der Waals surface area contributed by atoms with E-state index < -0.39 is 0 Å². The number of rotatable bonds is 3. The van der Waals surface area contributed by atoms with E-state index in [0.29, 0.717) is 11.0 Å². The summed E-state index contributed by atoms with van der Waals surface area (Å²) in [7, 11) is 0. The average molecular weight is 377 g/mol. The number of aromatic nitrogens is 3. The van der Waals surface area contributed by atoms with Gasteiger partial charge in [0.2, 0.25) is 11.1 Å². The Morgan fingerprint density at radius 2 is 1.86 bits per heavy atom. The molecule has 0 saturated carbocycles. The summed E-state index contributed by atoms with van der Waals surface area (Å²) in [6, 6.07) is 7.63. The number of hydrogen-bond donors (Lipinski definition) is 1. The molecule has 1 aromatic carbocycles. The lowest BCUT2D eigenvalue weighted by molar-refractivity contribution is 0.881. The van der Waals surface area contributed by atoms with Crippen molar-refractivity contribution in [1.82, 2.24) is 14.8 Å². The molecule has 0 unspecified atom stereocenters. The molecule has 9 heteroatoms. The van der Waals surface area contributed by atoms with Gasteiger partial charge >= 0.3 is 0 Å². The molecule has 0 bridgehead atoms. The largest absolute Gasteiger partial charge is 0.368 e. The lowest BCUT2D eigenvalue weighted by atomic mass is 10.1. The molecular formula is C13H12Cl3N5S. The maximum atomic E-state index is 5.96. The quantitative estimate of drug-likeness (QED) is 0.380. The Kier molecular flexibility index (Phi) is 5.74. The van der Waals surface area contributed by atoms with Crippen molar-refractivity contribution in [2.45, 2.75) is 12.1 Å². The van der Waals surface area contributed by atoms with Crippen molar-refractivity contribution in [3.63, 3.8) is 0 Å². The Balaban J connectivity index is 2.62. The second kappa shape index (κ2) is 7.37. The standard InChI is InChI=1S/C13H12Cl3N5S/c1-7-3-5-8(6-4-7)11(18-10(16)9(14)15)21-12(17)19-13(20-21)22-2/h3-6H,1-2H3,(H2,17,19,20)/b18-11+. The molecule has 0 aliphatic carbocycles. The summed E-state index contributed by atoms with van der Waals surface area (Å²) in [5, 5.41) is 4.75. The number of hydrogen-bond acceptors (Lipinski definition) is 5. The predicted octanol–water partition coefficient (Wildman–Crippen LogP) is 4.03. The summed E-state index contributed by atoms with van der Waals surface area (Å²) >= 11 is 18.7. The molecule has 1 heterocycles. The maximum Gasteiger partial charge on any atom is 0.225 e. The highest BCUT2D eigenvalue weighted by atomic mass is 35.5. The van der Waals surface area contributed by atoms with Crippen molar-refractivity contribution in [3.05, 3.63) is 45.0 Å². The number of nitrogen functional groups attached to an aromatic ring is 1. The number of nitrogens with zero attached hydrogens (tertiary/aromatic N) is 4. The highest BCUT2D eigenvalue weighted by molar-refractivity contribution is 7.98. The highest BCUT2D eigenvalue weighted by Gasteiger charge is 2.15. The van der Waals surface area contributed by atoms with Gasteiger partial charge in [-0.25, -0.2) is 4.99 Å². The number of anilines is 1. The molecule has 0 saturated heterocycles. The van der Waals surface area contributed by atoms with Gasteiger partial charge in [0.1, 0.15) is 4.49 Å². The fourth-order valence-corrected chi connectivity index (χ4v) is 2.13. The fourth-order valence-electron chi connectivity index (χ4n) is 1.62. The molecule has 0 spiro atoms. The fraction of sp³-hybridized carbons (Fsp3) is 0.154. The van der Waals surface area contributed by atoms with Crippen LogP contribution in [0.1, 0.15) is 11.1 Å². The minimum absolute atomic E-state index is 0.0560. The van der Waals surface area contributed by atoms with Crippen molar-refractivity contribution in [2.75, 3.05) is 12.0 Å². The van der Waals surface area contributed by atoms with E-state index in [9.17, 15) is 0 Å². The molecule has 2 rings (SSSR count). The lowest BCUT2D eigenvalue weighted by Gasteiger charge is -2.08. The molecule has 5 nitrogen and oxygen atoms in total. The third kappa shape index (κ3) is 3.95. The summed E-state index contributed by atoms with van der Waals surface area (Å²) in [5.41, 5.74) is 7.77. The van der Waals surface area contributed by atoms with Crippen LogP contribution in [0.3, 0.4) is 0 Å². The second-order valence-corrected chi connectivity index (χ2v) is 6.30. The Morgan fingerprint density at radius 1 is 1.23 bits per heavy atom. The monoisotopic (exact) mass is 375 g/mol. The molecule has 0 aliphatic heterocycles. The van der Waals surface area contributed by atoms with Crippen molar-refractivity contribution in [3.8, 4) is 0 Å². The zero-order chi connectivity index (χ0) is 16.3. The summed E-state index contributed by atoms with van der Waals surface area (Å²) in [5.74, 6) is 0.577. The number of nitrogens with two attached hydrogens (primary N) is 1. The van der Waals surface area contributed by atoms with E-state index >= 15 is 0 Å². The second-order valence-electron chi connectivity index (χ2n) is 4.22. The summed E-state index contributed by atoms with van der Waals surface area (Å²) in [6.45, 7) is 1.98. The number of halogens is 3. The van der Waals surface area contributed by atoms with Gasteiger partial charge in [-0.05, 0) is 13.2 Å². The summed E-state index contributed by atoms with van der Waals surface area (Å²) in [4.78, 5) is 8.36. The Hall–Kier alpha value is -1.21. The summed E-state index contributed by atoms with van der Waals surface area (Å²) in [6.07, 6.45) is 1.85. The van der Waals surface area contributed by atoms with E-state index in [1.165, 1.54) is 16.4 Å². The lowest BCUT2D eigenvalue weighted by Crippen LogP contribution is -2.18. The van der Waals surface area contributed by atoms with Crippen LogP contribution < -0.4 is 5.73 Å². The van der Waals surface area contributed by atoms with E-state index in [4.69, 9.17) is 40.5 Å². The Labute approximate surface area is 147 Å². The zero-order valence-corrected chi connectivity index (χ0v) is 14.8. The van der Waals surface area contributed by atoms with E-state index in [0.717, 1.165) is 11.1 Å². The number of aryl methyl sites for hydroxylation is 1. The van der Waals surface area contributed by atoms with Gasteiger partial charge in [-0.3, -0.25) is 0 Å². The zero-order valence-electron chi connectivity index (χ0n) is 11.7. The van der Waals surface area contributed by atoms with Gasteiger partial charge in [-0.1, -0.05) is 76.4 Å². The van der Waals surface area contributed by atoms with Gasteiger partial charge < -0.3 is 5.73 Å².